The van der Waals surface area contributed by atoms with E-state index in [0.717, 1.165) is 31.8 Å². The van der Waals surface area contributed by atoms with Crippen molar-refractivity contribution in [2.45, 2.75) is 77.5 Å². The van der Waals surface area contributed by atoms with Crippen LogP contribution in [0.1, 0.15) is 59.8 Å². The molecule has 1 aliphatic carbocycles. The number of piperidine rings is 1. The molecule has 0 aromatic rings. The lowest BCUT2D eigenvalue weighted by Gasteiger charge is -2.41. The average molecular weight is 282 g/mol. The zero-order valence-electron chi connectivity index (χ0n) is 13.4. The zero-order chi connectivity index (χ0) is 14.8. The highest BCUT2D eigenvalue weighted by molar-refractivity contribution is 5.68. The van der Waals surface area contributed by atoms with Crippen molar-refractivity contribution < 1.29 is 9.53 Å². The van der Waals surface area contributed by atoms with Gasteiger partial charge in [0.05, 0.1) is 0 Å². The van der Waals surface area contributed by atoms with E-state index in [1.165, 1.54) is 19.3 Å². The molecule has 0 spiro atoms. The molecule has 0 radical (unpaired) electrons. The van der Waals surface area contributed by atoms with Gasteiger partial charge in [-0.15, -0.1) is 0 Å². The highest BCUT2D eigenvalue weighted by Gasteiger charge is 2.34. The Hall–Kier alpha value is -0.770. The number of likely N-dealkylation sites (tertiary alicyclic amines) is 1. The molecule has 4 nitrogen and oxygen atoms in total. The maximum atomic E-state index is 12.3. The van der Waals surface area contributed by atoms with Gasteiger partial charge in [0.15, 0.2) is 0 Å². The second-order valence-corrected chi connectivity index (χ2v) is 7.37. The lowest BCUT2D eigenvalue weighted by Crippen LogP contribution is -2.56. The second-order valence-electron chi connectivity index (χ2n) is 7.37. The maximum Gasteiger partial charge on any atom is 0.410 e. The van der Waals surface area contributed by atoms with Gasteiger partial charge in [-0.25, -0.2) is 4.79 Å². The van der Waals surface area contributed by atoms with Crippen LogP contribution in [0.15, 0.2) is 0 Å². The SMILES string of the molecule is CC1C(NCC2CCC2)CCCN1C(=O)OC(C)(C)C. The Morgan fingerprint density at radius 1 is 1.25 bits per heavy atom. The highest BCUT2D eigenvalue weighted by atomic mass is 16.6. The molecule has 2 aliphatic rings. The van der Waals surface area contributed by atoms with E-state index >= 15 is 0 Å². The van der Waals surface area contributed by atoms with Gasteiger partial charge in [-0.1, -0.05) is 6.42 Å². The molecule has 1 heterocycles. The van der Waals surface area contributed by atoms with Crippen LogP contribution in [-0.2, 0) is 4.74 Å². The quantitative estimate of drug-likeness (QED) is 0.864. The summed E-state index contributed by atoms with van der Waals surface area (Å²) in [5.74, 6) is 0.860. The van der Waals surface area contributed by atoms with E-state index in [0.29, 0.717) is 6.04 Å². The molecule has 2 rings (SSSR count). The Morgan fingerprint density at radius 2 is 1.95 bits per heavy atom. The van der Waals surface area contributed by atoms with Gasteiger partial charge < -0.3 is 15.0 Å². The fourth-order valence-corrected chi connectivity index (χ4v) is 3.01. The summed E-state index contributed by atoms with van der Waals surface area (Å²) in [6.45, 7) is 9.83. The molecule has 116 valence electrons. The Kier molecular flexibility index (Phi) is 4.95. The number of ether oxygens (including phenoxy) is 1. The summed E-state index contributed by atoms with van der Waals surface area (Å²) < 4.78 is 5.51. The van der Waals surface area contributed by atoms with Gasteiger partial charge in [0.2, 0.25) is 0 Å². The summed E-state index contributed by atoms with van der Waals surface area (Å²) in [5, 5.41) is 3.67. The molecular formula is C16H30N2O2. The molecule has 0 aromatic carbocycles. The van der Waals surface area contributed by atoms with Crippen LogP contribution in [0.25, 0.3) is 0 Å². The van der Waals surface area contributed by atoms with Crippen LogP contribution >= 0.6 is 0 Å². The van der Waals surface area contributed by atoms with E-state index in [9.17, 15) is 4.79 Å². The molecule has 2 atom stereocenters. The third-order valence-corrected chi connectivity index (χ3v) is 4.51. The Morgan fingerprint density at radius 3 is 2.50 bits per heavy atom. The highest BCUT2D eigenvalue weighted by Crippen LogP contribution is 2.26. The molecule has 2 unspecified atom stereocenters. The molecule has 20 heavy (non-hydrogen) atoms. The molecule has 0 aromatic heterocycles. The monoisotopic (exact) mass is 282 g/mol. The van der Waals surface area contributed by atoms with Crippen molar-refractivity contribution in [1.29, 1.82) is 0 Å². The standard InChI is InChI=1S/C16H30N2O2/c1-12-14(17-11-13-7-5-8-13)9-6-10-18(12)15(19)20-16(2,3)4/h12-14,17H,5-11H2,1-4H3. The summed E-state index contributed by atoms with van der Waals surface area (Å²) in [6.07, 6.45) is 6.17. The van der Waals surface area contributed by atoms with E-state index in [2.05, 4.69) is 12.2 Å². The Labute approximate surface area is 123 Å². The van der Waals surface area contributed by atoms with Crippen molar-refractivity contribution in [1.82, 2.24) is 10.2 Å². The van der Waals surface area contributed by atoms with Crippen molar-refractivity contribution in [2.75, 3.05) is 13.1 Å². The van der Waals surface area contributed by atoms with Crippen LogP contribution in [0.3, 0.4) is 0 Å². The summed E-state index contributed by atoms with van der Waals surface area (Å²) >= 11 is 0. The number of hydrogen-bond acceptors (Lipinski definition) is 3. The topological polar surface area (TPSA) is 41.6 Å². The van der Waals surface area contributed by atoms with Crippen LogP contribution in [0.5, 0.6) is 0 Å². The molecule has 4 heteroatoms. The number of carbonyl (C=O) groups excluding carboxylic acids is 1. The van der Waals surface area contributed by atoms with Crippen molar-refractivity contribution in [2.24, 2.45) is 5.92 Å². The summed E-state index contributed by atoms with van der Waals surface area (Å²) in [5.41, 5.74) is -0.414. The average Bonchev–Trinajstić information content (AvgIpc) is 2.26. The molecule has 1 N–H and O–H groups in total. The number of rotatable bonds is 3. The van der Waals surface area contributed by atoms with Gasteiger partial charge >= 0.3 is 6.09 Å². The van der Waals surface area contributed by atoms with Gasteiger partial charge in [0.1, 0.15) is 5.60 Å². The van der Waals surface area contributed by atoms with Crippen LogP contribution in [0, 0.1) is 5.92 Å². The normalized spacial score (nSPS) is 28.1. The van der Waals surface area contributed by atoms with E-state index < -0.39 is 5.60 Å². The lowest BCUT2D eigenvalue weighted by atomic mass is 9.85. The van der Waals surface area contributed by atoms with Crippen molar-refractivity contribution >= 4 is 6.09 Å². The second kappa shape index (κ2) is 6.33. The first-order chi connectivity index (χ1) is 9.37. The van der Waals surface area contributed by atoms with Gasteiger partial charge in [0, 0.05) is 18.6 Å². The first-order valence-electron chi connectivity index (χ1n) is 8.10. The number of nitrogens with one attached hydrogen (secondary N) is 1. The first-order valence-corrected chi connectivity index (χ1v) is 8.10. The first kappa shape index (κ1) is 15.6. The van der Waals surface area contributed by atoms with Crippen molar-refractivity contribution in [3.63, 3.8) is 0 Å². The van der Waals surface area contributed by atoms with E-state index in [4.69, 9.17) is 4.74 Å². The minimum Gasteiger partial charge on any atom is -0.444 e. The number of carbonyl (C=O) groups is 1. The fourth-order valence-electron chi connectivity index (χ4n) is 3.01. The molecule has 1 saturated heterocycles. The molecule has 2 fully saturated rings. The largest absolute Gasteiger partial charge is 0.444 e. The van der Waals surface area contributed by atoms with Gasteiger partial charge in [0.25, 0.3) is 0 Å². The van der Waals surface area contributed by atoms with Crippen LogP contribution < -0.4 is 5.32 Å². The van der Waals surface area contributed by atoms with Gasteiger partial charge in [-0.3, -0.25) is 0 Å². The molecular weight excluding hydrogens is 252 g/mol. The minimum atomic E-state index is -0.414. The van der Waals surface area contributed by atoms with E-state index in [1.807, 2.05) is 25.7 Å². The zero-order valence-corrected chi connectivity index (χ0v) is 13.4. The Bertz CT molecular complexity index is 334. The predicted octanol–water partition coefficient (Wildman–Crippen LogP) is 3.16. The summed E-state index contributed by atoms with van der Waals surface area (Å²) in [4.78, 5) is 14.1. The van der Waals surface area contributed by atoms with E-state index in [-0.39, 0.29) is 12.1 Å². The Balaban J connectivity index is 1.84. The minimum absolute atomic E-state index is 0.167. The molecule has 1 amide bonds. The van der Waals surface area contributed by atoms with Crippen LogP contribution in [0.4, 0.5) is 4.79 Å². The van der Waals surface area contributed by atoms with Crippen LogP contribution in [0.2, 0.25) is 0 Å². The molecule has 1 aliphatic heterocycles. The van der Waals surface area contributed by atoms with Crippen LogP contribution in [-0.4, -0.2) is 41.8 Å². The summed E-state index contributed by atoms with van der Waals surface area (Å²) in [6, 6.07) is 0.635. The maximum absolute atomic E-state index is 12.3. The third-order valence-electron chi connectivity index (χ3n) is 4.51. The molecule has 0 bridgehead atoms. The van der Waals surface area contributed by atoms with Crippen molar-refractivity contribution in [3.8, 4) is 0 Å². The number of amides is 1. The van der Waals surface area contributed by atoms with E-state index in [1.54, 1.807) is 0 Å². The summed E-state index contributed by atoms with van der Waals surface area (Å²) in [7, 11) is 0. The predicted molar refractivity (Wildman–Crippen MR) is 80.8 cm³/mol. The number of nitrogens with zero attached hydrogens (tertiary/aromatic N) is 1. The van der Waals surface area contributed by atoms with Gasteiger partial charge in [-0.2, -0.15) is 0 Å². The fraction of sp³-hybridized carbons (Fsp3) is 0.938. The lowest BCUT2D eigenvalue weighted by molar-refractivity contribution is 0.00665. The third kappa shape index (κ3) is 4.11. The smallest absolute Gasteiger partial charge is 0.410 e. The van der Waals surface area contributed by atoms with Gasteiger partial charge in [-0.05, 0) is 65.8 Å². The number of hydrogen-bond donors (Lipinski definition) is 1. The van der Waals surface area contributed by atoms with Crippen molar-refractivity contribution in [3.05, 3.63) is 0 Å². The molecule has 1 saturated carbocycles.